The van der Waals surface area contributed by atoms with Crippen molar-refractivity contribution in [2.75, 3.05) is 11.5 Å². The Morgan fingerprint density at radius 3 is 1.78 bits per heavy atom. The fourth-order valence-electron chi connectivity index (χ4n) is 5.38. The van der Waals surface area contributed by atoms with Crippen molar-refractivity contribution in [1.29, 1.82) is 0 Å². The van der Waals surface area contributed by atoms with Gasteiger partial charge in [0, 0.05) is 5.41 Å². The van der Waals surface area contributed by atoms with Gasteiger partial charge in [-0.2, -0.15) is 0 Å². The van der Waals surface area contributed by atoms with E-state index in [0.29, 0.717) is 6.42 Å². The van der Waals surface area contributed by atoms with Crippen LogP contribution in [-0.4, -0.2) is 0 Å². The minimum absolute atomic E-state index is 0.0870. The van der Waals surface area contributed by atoms with Crippen LogP contribution in [-0.2, 0) is 11.8 Å². The molecule has 0 radical (unpaired) electrons. The van der Waals surface area contributed by atoms with Gasteiger partial charge in [0.05, 0.1) is 11.4 Å². The molecule has 0 bridgehead atoms. The van der Waals surface area contributed by atoms with Crippen molar-refractivity contribution in [3.05, 3.63) is 119 Å². The van der Waals surface area contributed by atoms with Crippen LogP contribution in [0, 0.1) is 11.6 Å². The maximum atomic E-state index is 14.8. The molecule has 5 aromatic rings. The van der Waals surface area contributed by atoms with Crippen molar-refractivity contribution in [2.45, 2.75) is 11.8 Å². The molecule has 1 aliphatic rings. The van der Waals surface area contributed by atoms with Gasteiger partial charge < -0.3 is 11.5 Å². The van der Waals surface area contributed by atoms with E-state index < -0.39 is 17.0 Å². The molecule has 156 valence electrons. The van der Waals surface area contributed by atoms with Gasteiger partial charge in [0.25, 0.3) is 0 Å². The number of hydrogen-bond acceptors (Lipinski definition) is 2. The average molecular weight is 422 g/mol. The number of anilines is 2. The Labute approximate surface area is 184 Å². The molecule has 6 rings (SSSR count). The smallest absolute Gasteiger partial charge is 0.146 e. The maximum Gasteiger partial charge on any atom is 0.146 e. The predicted molar refractivity (Wildman–Crippen MR) is 127 cm³/mol. The maximum absolute atomic E-state index is 14.8. The van der Waals surface area contributed by atoms with Crippen LogP contribution in [0.15, 0.2) is 84.9 Å². The van der Waals surface area contributed by atoms with Crippen LogP contribution in [0.25, 0.3) is 21.5 Å². The molecule has 32 heavy (non-hydrogen) atoms. The van der Waals surface area contributed by atoms with Crippen LogP contribution >= 0.6 is 0 Å². The first kappa shape index (κ1) is 18.8. The van der Waals surface area contributed by atoms with Crippen LogP contribution < -0.4 is 11.5 Å². The summed E-state index contributed by atoms with van der Waals surface area (Å²) < 4.78 is 29.5. The lowest BCUT2D eigenvalue weighted by Gasteiger charge is -2.40. The molecule has 1 aliphatic carbocycles. The first-order valence-corrected chi connectivity index (χ1v) is 10.5. The molecule has 0 amide bonds. The van der Waals surface area contributed by atoms with Crippen molar-refractivity contribution in [2.24, 2.45) is 0 Å². The molecule has 4 N–H and O–H groups in total. The standard InChI is InChI=1S/C28H20F2N2/c29-22-13-19(9-11-24(22)31)28(20-10-12-25(32)23(30)14-20)15-18-5-1-3-16-7-8-17-4-2-6-21(28)27(17)26(16)18/h1-14H,15,31-32H2. The second kappa shape index (κ2) is 6.54. The first-order valence-electron chi connectivity index (χ1n) is 10.5. The molecule has 0 unspecified atom stereocenters. The summed E-state index contributed by atoms with van der Waals surface area (Å²) in [4.78, 5) is 0. The van der Waals surface area contributed by atoms with Gasteiger partial charge in [-0.1, -0.05) is 60.7 Å². The van der Waals surface area contributed by atoms with Crippen LogP contribution in [0.2, 0.25) is 0 Å². The lowest BCUT2D eigenvalue weighted by atomic mass is 9.62. The Morgan fingerprint density at radius 1 is 0.625 bits per heavy atom. The van der Waals surface area contributed by atoms with Gasteiger partial charge >= 0.3 is 0 Å². The van der Waals surface area contributed by atoms with E-state index in [4.69, 9.17) is 11.5 Å². The number of halogens is 2. The quantitative estimate of drug-likeness (QED) is 0.258. The van der Waals surface area contributed by atoms with Gasteiger partial charge in [-0.25, -0.2) is 8.78 Å². The van der Waals surface area contributed by atoms with Gasteiger partial charge in [-0.05, 0) is 74.5 Å². The average Bonchev–Trinajstić information content (AvgIpc) is 2.81. The molecule has 0 spiro atoms. The second-order valence-corrected chi connectivity index (χ2v) is 8.54. The number of hydrogen-bond donors (Lipinski definition) is 2. The Hall–Kier alpha value is -3.92. The Morgan fingerprint density at radius 2 is 1.19 bits per heavy atom. The molecule has 0 atom stereocenters. The summed E-state index contributed by atoms with van der Waals surface area (Å²) in [6, 6.07) is 26.5. The summed E-state index contributed by atoms with van der Waals surface area (Å²) in [6.45, 7) is 0. The van der Waals surface area contributed by atoms with Crippen molar-refractivity contribution < 1.29 is 8.78 Å². The zero-order valence-electron chi connectivity index (χ0n) is 17.2. The highest BCUT2D eigenvalue weighted by Crippen LogP contribution is 2.51. The molecule has 0 saturated carbocycles. The summed E-state index contributed by atoms with van der Waals surface area (Å²) >= 11 is 0. The van der Waals surface area contributed by atoms with Crippen LogP contribution in [0.3, 0.4) is 0 Å². The summed E-state index contributed by atoms with van der Waals surface area (Å²) in [6.07, 6.45) is 0.563. The number of nitrogens with two attached hydrogens (primary N) is 2. The van der Waals surface area contributed by atoms with Crippen molar-refractivity contribution in [1.82, 2.24) is 0 Å². The number of rotatable bonds is 2. The molecule has 5 aromatic carbocycles. The molecule has 0 heterocycles. The first-order chi connectivity index (χ1) is 15.5. The van der Waals surface area contributed by atoms with Crippen molar-refractivity contribution in [3.63, 3.8) is 0 Å². The van der Waals surface area contributed by atoms with Gasteiger partial charge in [0.2, 0.25) is 0 Å². The third kappa shape index (κ3) is 2.43. The van der Waals surface area contributed by atoms with E-state index in [-0.39, 0.29) is 11.4 Å². The van der Waals surface area contributed by atoms with Gasteiger partial charge in [0.1, 0.15) is 11.6 Å². The number of benzene rings is 5. The monoisotopic (exact) mass is 422 g/mol. The van der Waals surface area contributed by atoms with Crippen LogP contribution in [0.5, 0.6) is 0 Å². The highest BCUT2D eigenvalue weighted by atomic mass is 19.1. The van der Waals surface area contributed by atoms with E-state index in [1.807, 2.05) is 24.3 Å². The SMILES string of the molecule is Nc1ccc(C2(c3ccc(N)c(F)c3)Cc3cccc4ccc5cccc2c5c34)cc1F. The van der Waals surface area contributed by atoms with Gasteiger partial charge in [-0.3, -0.25) is 0 Å². The normalized spacial score (nSPS) is 14.3. The van der Waals surface area contributed by atoms with E-state index >= 15 is 0 Å². The molecule has 0 aliphatic heterocycles. The lowest BCUT2D eigenvalue weighted by Crippen LogP contribution is -2.34. The highest BCUT2D eigenvalue weighted by molar-refractivity contribution is 6.12. The van der Waals surface area contributed by atoms with Crippen molar-refractivity contribution >= 4 is 32.9 Å². The third-order valence-electron chi connectivity index (χ3n) is 6.87. The third-order valence-corrected chi connectivity index (χ3v) is 6.87. The van der Waals surface area contributed by atoms with Gasteiger partial charge in [-0.15, -0.1) is 0 Å². The lowest BCUT2D eigenvalue weighted by molar-refractivity contribution is 0.581. The molecule has 0 fully saturated rings. The van der Waals surface area contributed by atoms with Crippen LogP contribution in [0.1, 0.15) is 22.3 Å². The zero-order valence-corrected chi connectivity index (χ0v) is 17.2. The van der Waals surface area contributed by atoms with E-state index in [2.05, 4.69) is 36.4 Å². The molecular weight excluding hydrogens is 402 g/mol. The summed E-state index contributed by atoms with van der Waals surface area (Å²) in [7, 11) is 0. The Balaban J connectivity index is 1.81. The highest BCUT2D eigenvalue weighted by Gasteiger charge is 2.41. The summed E-state index contributed by atoms with van der Waals surface area (Å²) in [5.74, 6) is -0.968. The zero-order chi connectivity index (χ0) is 22.0. The predicted octanol–water partition coefficient (Wildman–Crippen LogP) is 6.33. The minimum Gasteiger partial charge on any atom is -0.396 e. The summed E-state index contributed by atoms with van der Waals surface area (Å²) in [5.41, 5.74) is 14.6. The van der Waals surface area contributed by atoms with Gasteiger partial charge in [0.15, 0.2) is 0 Å². The van der Waals surface area contributed by atoms with E-state index in [1.54, 1.807) is 12.1 Å². The summed E-state index contributed by atoms with van der Waals surface area (Å²) in [5, 5.41) is 4.56. The largest absolute Gasteiger partial charge is 0.396 e. The Bertz CT molecular complexity index is 1500. The molecule has 2 nitrogen and oxygen atoms in total. The second-order valence-electron chi connectivity index (χ2n) is 8.54. The molecular formula is C28H20F2N2. The molecule has 0 aromatic heterocycles. The van der Waals surface area contributed by atoms with Crippen molar-refractivity contribution in [3.8, 4) is 0 Å². The van der Waals surface area contributed by atoms with Crippen LogP contribution in [0.4, 0.5) is 20.2 Å². The molecule has 0 saturated heterocycles. The topological polar surface area (TPSA) is 52.0 Å². The van der Waals surface area contributed by atoms with E-state index in [9.17, 15) is 8.78 Å². The molecule has 4 heteroatoms. The fraction of sp³-hybridized carbons (Fsp3) is 0.0714. The van der Waals surface area contributed by atoms with E-state index in [0.717, 1.165) is 38.4 Å². The minimum atomic E-state index is -0.800. The fourth-order valence-corrected chi connectivity index (χ4v) is 5.38. The van der Waals surface area contributed by atoms with E-state index in [1.165, 1.54) is 17.5 Å². The Kier molecular flexibility index (Phi) is 3.84. The number of nitrogen functional groups attached to an aromatic ring is 2.